The van der Waals surface area contributed by atoms with E-state index in [-0.39, 0.29) is 17.8 Å². The van der Waals surface area contributed by atoms with Crippen LogP contribution in [0.2, 0.25) is 5.02 Å². The molecule has 1 aromatic heterocycles. The van der Waals surface area contributed by atoms with Crippen molar-refractivity contribution in [3.8, 4) is 5.75 Å². The Morgan fingerprint density at radius 1 is 1.39 bits per heavy atom. The Labute approximate surface area is 143 Å². The molecular formula is C15H18ClN3O3S. The van der Waals surface area contributed by atoms with E-state index in [1.54, 1.807) is 31.2 Å². The lowest BCUT2D eigenvalue weighted by atomic mass is 10.3. The fraction of sp³-hybridized carbons (Fsp3) is 0.400. The van der Waals surface area contributed by atoms with E-state index in [1.807, 2.05) is 6.92 Å². The number of rotatable bonds is 8. The van der Waals surface area contributed by atoms with Crippen LogP contribution in [0, 0.1) is 0 Å². The molecule has 1 aromatic carbocycles. The average molecular weight is 356 g/mol. The second-order valence-electron chi connectivity index (χ2n) is 4.76. The van der Waals surface area contributed by atoms with Gasteiger partial charge in [-0.05, 0) is 37.6 Å². The summed E-state index contributed by atoms with van der Waals surface area (Å²) in [6.07, 6.45) is 0.899. The number of carbonyl (C=O) groups excluding carboxylic acids is 1. The molecule has 0 bridgehead atoms. The first-order valence-electron chi connectivity index (χ1n) is 7.23. The molecule has 0 aliphatic heterocycles. The first kappa shape index (κ1) is 17.6. The molecule has 2 rings (SSSR count). The number of thioether (sulfide) groups is 1. The maximum Gasteiger partial charge on any atom is 0.277 e. The molecule has 8 heteroatoms. The highest BCUT2D eigenvalue weighted by atomic mass is 35.5. The molecule has 23 heavy (non-hydrogen) atoms. The van der Waals surface area contributed by atoms with Crippen LogP contribution in [0.5, 0.6) is 5.75 Å². The number of hydrogen-bond donors (Lipinski definition) is 1. The first-order chi connectivity index (χ1) is 11.1. The molecule has 1 unspecified atom stereocenters. The number of amides is 1. The van der Waals surface area contributed by atoms with Crippen LogP contribution in [-0.2, 0) is 11.4 Å². The summed E-state index contributed by atoms with van der Waals surface area (Å²) >= 11 is 7.03. The standard InChI is InChI=1S/C15H18ClN3O3S/c1-3-8-17-14(20)10(2)23-15-19-18-13(22-15)9-21-12-6-4-11(16)5-7-12/h4-7,10H,3,8-9H2,1-2H3,(H,17,20). The summed E-state index contributed by atoms with van der Waals surface area (Å²) in [6, 6.07) is 6.99. The van der Waals surface area contributed by atoms with Gasteiger partial charge in [0.1, 0.15) is 5.75 Å². The van der Waals surface area contributed by atoms with Crippen molar-refractivity contribution in [2.75, 3.05) is 6.54 Å². The van der Waals surface area contributed by atoms with Gasteiger partial charge in [-0.3, -0.25) is 4.79 Å². The van der Waals surface area contributed by atoms with Crippen molar-refractivity contribution < 1.29 is 13.9 Å². The lowest BCUT2D eigenvalue weighted by Crippen LogP contribution is -2.31. The van der Waals surface area contributed by atoms with Crippen LogP contribution in [0.15, 0.2) is 33.9 Å². The number of carbonyl (C=O) groups is 1. The molecule has 0 aliphatic carbocycles. The van der Waals surface area contributed by atoms with E-state index in [4.69, 9.17) is 20.8 Å². The number of nitrogens with one attached hydrogen (secondary N) is 1. The minimum absolute atomic E-state index is 0.0472. The van der Waals surface area contributed by atoms with Crippen molar-refractivity contribution in [3.63, 3.8) is 0 Å². The van der Waals surface area contributed by atoms with Gasteiger partial charge < -0.3 is 14.5 Å². The summed E-state index contributed by atoms with van der Waals surface area (Å²) in [6.45, 7) is 4.62. The molecule has 0 aliphatic rings. The van der Waals surface area contributed by atoms with E-state index >= 15 is 0 Å². The molecule has 2 aromatic rings. The van der Waals surface area contributed by atoms with Gasteiger partial charge in [0, 0.05) is 11.6 Å². The Morgan fingerprint density at radius 2 is 2.13 bits per heavy atom. The molecule has 1 atom stereocenters. The smallest absolute Gasteiger partial charge is 0.277 e. The molecule has 6 nitrogen and oxygen atoms in total. The van der Waals surface area contributed by atoms with Gasteiger partial charge in [0.2, 0.25) is 5.91 Å². The zero-order chi connectivity index (χ0) is 16.7. The molecule has 1 heterocycles. The van der Waals surface area contributed by atoms with Crippen LogP contribution < -0.4 is 10.1 Å². The Hall–Kier alpha value is -1.73. The average Bonchev–Trinajstić information content (AvgIpc) is 2.99. The molecule has 1 N–H and O–H groups in total. The number of nitrogens with zero attached hydrogens (tertiary/aromatic N) is 2. The molecule has 0 saturated heterocycles. The van der Waals surface area contributed by atoms with E-state index in [1.165, 1.54) is 11.8 Å². The van der Waals surface area contributed by atoms with Gasteiger partial charge in [0.15, 0.2) is 6.61 Å². The lowest BCUT2D eigenvalue weighted by molar-refractivity contribution is -0.120. The molecule has 1 amide bonds. The number of halogens is 1. The second-order valence-corrected chi connectivity index (χ2v) is 6.48. The number of hydrogen-bond acceptors (Lipinski definition) is 6. The van der Waals surface area contributed by atoms with Crippen LogP contribution in [0.3, 0.4) is 0 Å². The van der Waals surface area contributed by atoms with Crippen molar-refractivity contribution in [2.24, 2.45) is 0 Å². The minimum atomic E-state index is -0.299. The SMILES string of the molecule is CCCNC(=O)C(C)Sc1nnc(COc2ccc(Cl)cc2)o1. The molecule has 0 fully saturated rings. The van der Waals surface area contributed by atoms with Gasteiger partial charge in [-0.25, -0.2) is 0 Å². The molecule has 0 saturated carbocycles. The first-order valence-corrected chi connectivity index (χ1v) is 8.49. The van der Waals surface area contributed by atoms with E-state index < -0.39 is 0 Å². The topological polar surface area (TPSA) is 77.2 Å². The fourth-order valence-electron chi connectivity index (χ4n) is 1.62. The van der Waals surface area contributed by atoms with Crippen molar-refractivity contribution >= 4 is 29.3 Å². The Bertz CT molecular complexity index is 633. The summed E-state index contributed by atoms with van der Waals surface area (Å²) in [5.41, 5.74) is 0. The minimum Gasteiger partial charge on any atom is -0.484 e. The highest BCUT2D eigenvalue weighted by Gasteiger charge is 2.17. The number of benzene rings is 1. The van der Waals surface area contributed by atoms with E-state index in [0.29, 0.717) is 28.4 Å². The van der Waals surface area contributed by atoms with Gasteiger partial charge in [-0.2, -0.15) is 0 Å². The van der Waals surface area contributed by atoms with Gasteiger partial charge >= 0.3 is 0 Å². The van der Waals surface area contributed by atoms with Crippen molar-refractivity contribution in [1.82, 2.24) is 15.5 Å². The van der Waals surface area contributed by atoms with Crippen LogP contribution >= 0.6 is 23.4 Å². The third-order valence-electron chi connectivity index (χ3n) is 2.82. The van der Waals surface area contributed by atoms with Crippen LogP contribution in [0.1, 0.15) is 26.2 Å². The highest BCUT2D eigenvalue weighted by Crippen LogP contribution is 2.22. The zero-order valence-electron chi connectivity index (χ0n) is 12.9. The van der Waals surface area contributed by atoms with Gasteiger partial charge in [-0.1, -0.05) is 30.3 Å². The van der Waals surface area contributed by atoms with Crippen molar-refractivity contribution in [3.05, 3.63) is 35.2 Å². The van der Waals surface area contributed by atoms with Crippen LogP contribution in [0.25, 0.3) is 0 Å². The quantitative estimate of drug-likeness (QED) is 0.732. The molecule has 124 valence electrons. The monoisotopic (exact) mass is 355 g/mol. The summed E-state index contributed by atoms with van der Waals surface area (Å²) in [5.74, 6) is 0.965. The summed E-state index contributed by atoms with van der Waals surface area (Å²) in [7, 11) is 0. The Balaban J connectivity index is 1.83. The van der Waals surface area contributed by atoms with Crippen molar-refractivity contribution in [1.29, 1.82) is 0 Å². The molecule has 0 spiro atoms. The highest BCUT2D eigenvalue weighted by molar-refractivity contribution is 8.00. The van der Waals surface area contributed by atoms with Crippen LogP contribution in [0.4, 0.5) is 0 Å². The normalized spacial score (nSPS) is 12.0. The molecular weight excluding hydrogens is 338 g/mol. The summed E-state index contributed by atoms with van der Waals surface area (Å²) < 4.78 is 11.0. The zero-order valence-corrected chi connectivity index (χ0v) is 14.5. The Kier molecular flexibility index (Phi) is 6.73. The predicted octanol–water partition coefficient (Wildman–Crippen LogP) is 3.31. The largest absolute Gasteiger partial charge is 0.484 e. The van der Waals surface area contributed by atoms with E-state index in [2.05, 4.69) is 15.5 Å². The molecule has 0 radical (unpaired) electrons. The lowest BCUT2D eigenvalue weighted by Gasteiger charge is -2.08. The third-order valence-corrected chi connectivity index (χ3v) is 4.01. The van der Waals surface area contributed by atoms with Crippen molar-refractivity contribution in [2.45, 2.75) is 37.3 Å². The predicted molar refractivity (Wildman–Crippen MR) is 88.7 cm³/mol. The summed E-state index contributed by atoms with van der Waals surface area (Å²) in [5, 5.41) is 11.3. The number of ether oxygens (including phenoxy) is 1. The summed E-state index contributed by atoms with van der Waals surface area (Å²) in [4.78, 5) is 11.8. The Morgan fingerprint density at radius 3 is 2.83 bits per heavy atom. The van der Waals surface area contributed by atoms with Crippen LogP contribution in [-0.4, -0.2) is 27.9 Å². The maximum atomic E-state index is 11.8. The van der Waals surface area contributed by atoms with Gasteiger partial charge in [0.25, 0.3) is 11.1 Å². The van der Waals surface area contributed by atoms with Gasteiger partial charge in [0.05, 0.1) is 5.25 Å². The van der Waals surface area contributed by atoms with Gasteiger partial charge in [-0.15, -0.1) is 10.2 Å². The third kappa shape index (κ3) is 5.76. The second kappa shape index (κ2) is 8.79. The number of aromatic nitrogens is 2. The maximum absolute atomic E-state index is 11.8. The van der Waals surface area contributed by atoms with E-state index in [9.17, 15) is 4.79 Å². The van der Waals surface area contributed by atoms with E-state index in [0.717, 1.165) is 6.42 Å². The fourth-order valence-corrected chi connectivity index (χ4v) is 2.47.